The van der Waals surface area contributed by atoms with Crippen molar-refractivity contribution in [1.82, 2.24) is 20.0 Å². The molecule has 4 heteroatoms. The Labute approximate surface area is 335 Å². The van der Waals surface area contributed by atoms with Crippen LogP contribution >= 0.6 is 0 Å². The lowest BCUT2D eigenvalue weighted by Gasteiger charge is -2.18. The second kappa shape index (κ2) is 16.9. The van der Waals surface area contributed by atoms with Gasteiger partial charge in [-0.25, -0.2) is 5.43 Å². The molecule has 7 aromatic carbocycles. The maximum absolute atomic E-state index is 3.89. The van der Waals surface area contributed by atoms with Gasteiger partial charge in [0.05, 0.1) is 33.8 Å². The Morgan fingerprint density at radius 3 is 1.82 bits per heavy atom. The minimum atomic E-state index is 0.272. The third-order valence-corrected chi connectivity index (χ3v) is 10.7. The van der Waals surface area contributed by atoms with Crippen molar-refractivity contribution in [2.75, 3.05) is 0 Å². The summed E-state index contributed by atoms with van der Waals surface area (Å²) in [7, 11) is 0. The summed E-state index contributed by atoms with van der Waals surface area (Å²) < 4.78 is 4.86. The van der Waals surface area contributed by atoms with Crippen molar-refractivity contribution in [1.29, 1.82) is 0 Å². The van der Waals surface area contributed by atoms with Crippen molar-refractivity contribution in [2.24, 2.45) is 0 Å². The maximum Gasteiger partial charge on any atom is 0.0562 e. The standard InChI is InChI=1S/C35H24N2.C14H16N2.C4H8/c1-23-19-20-33(26-14-6-5-13-25(23)26)37-32-18-10-8-16-28(32)30-21-29-27-15-7-9-17-31(27)36(34(29)22-35(30)37)24-11-3-2-4-12-24;1-12-8-4-2-7-11-14(16-15-12)13-9-5-3-6-10-13;1-3-4-2/h2-22H,1H3;2-10,14-16H,1,11H2;3H,1,4H2,2H3/b;7-2-,8-4-;. The number of hydrogen-bond donors (Lipinski definition) is 2. The van der Waals surface area contributed by atoms with Crippen molar-refractivity contribution in [2.45, 2.75) is 32.7 Å². The van der Waals surface area contributed by atoms with Crippen LogP contribution in [0.1, 0.15) is 36.9 Å². The van der Waals surface area contributed by atoms with Gasteiger partial charge >= 0.3 is 0 Å². The van der Waals surface area contributed by atoms with Gasteiger partial charge in [-0.05, 0) is 84.8 Å². The molecule has 1 aliphatic rings. The number of hydrogen-bond acceptors (Lipinski definition) is 2. The molecule has 3 heterocycles. The third-order valence-electron chi connectivity index (χ3n) is 10.7. The summed E-state index contributed by atoms with van der Waals surface area (Å²) in [6.45, 7) is 11.6. The second-order valence-electron chi connectivity index (χ2n) is 14.4. The molecule has 10 rings (SSSR count). The average Bonchev–Trinajstić information content (AvgIpc) is 3.80. The van der Waals surface area contributed by atoms with E-state index >= 15 is 0 Å². The molecule has 1 aliphatic heterocycles. The van der Waals surface area contributed by atoms with E-state index in [9.17, 15) is 0 Å². The Morgan fingerprint density at radius 2 is 1.16 bits per heavy atom. The van der Waals surface area contributed by atoms with Crippen LogP contribution in [0.25, 0.3) is 65.8 Å². The van der Waals surface area contributed by atoms with Crippen LogP contribution in [0.5, 0.6) is 0 Å². The van der Waals surface area contributed by atoms with E-state index in [1.165, 1.54) is 76.9 Å². The van der Waals surface area contributed by atoms with Crippen LogP contribution in [0.3, 0.4) is 0 Å². The van der Waals surface area contributed by atoms with Crippen LogP contribution in [-0.4, -0.2) is 9.13 Å². The van der Waals surface area contributed by atoms with E-state index in [2.05, 4.69) is 211 Å². The highest BCUT2D eigenvalue weighted by molar-refractivity contribution is 6.19. The first-order valence-corrected chi connectivity index (χ1v) is 19.8. The number of benzene rings is 7. The van der Waals surface area contributed by atoms with Gasteiger partial charge in [0.2, 0.25) is 0 Å². The molecule has 280 valence electrons. The van der Waals surface area contributed by atoms with Gasteiger partial charge in [-0.3, -0.25) is 0 Å². The Kier molecular flexibility index (Phi) is 11.0. The number of nitrogens with one attached hydrogen (secondary N) is 2. The Bertz CT molecular complexity index is 2910. The zero-order valence-corrected chi connectivity index (χ0v) is 32.7. The van der Waals surface area contributed by atoms with Crippen LogP contribution in [0.4, 0.5) is 0 Å². The first kappa shape index (κ1) is 37.1. The fourth-order valence-corrected chi connectivity index (χ4v) is 7.82. The molecule has 0 amide bonds. The van der Waals surface area contributed by atoms with Gasteiger partial charge in [0.25, 0.3) is 0 Å². The molecule has 0 aliphatic carbocycles. The Balaban J connectivity index is 0.000000190. The molecule has 0 fully saturated rings. The molecular formula is C53H48N4. The number of allylic oxidation sites excluding steroid dienone is 4. The molecule has 0 bridgehead atoms. The van der Waals surface area contributed by atoms with Crippen LogP contribution in [0.2, 0.25) is 0 Å². The number of aryl methyl sites for hydroxylation is 1. The molecule has 1 unspecified atom stereocenters. The SMILES string of the molecule is C=C1/C=C\C=C/CC(c2ccccc2)NN1.C=CCC.Cc1ccc(-n2c3ccccc3c3cc4c5ccccc5n(-c5ccccc5)c4cc32)c2ccccc12. The van der Waals surface area contributed by atoms with Crippen LogP contribution < -0.4 is 10.9 Å². The maximum atomic E-state index is 3.89. The van der Waals surface area contributed by atoms with E-state index in [-0.39, 0.29) is 6.04 Å². The van der Waals surface area contributed by atoms with Crippen molar-refractivity contribution < 1.29 is 0 Å². The lowest BCUT2D eigenvalue weighted by molar-refractivity contribution is 0.487. The van der Waals surface area contributed by atoms with Gasteiger partial charge in [-0.15, -0.1) is 6.58 Å². The van der Waals surface area contributed by atoms with Gasteiger partial charge in [0.15, 0.2) is 0 Å². The average molecular weight is 741 g/mol. The summed E-state index contributed by atoms with van der Waals surface area (Å²) in [5.41, 5.74) is 17.1. The topological polar surface area (TPSA) is 33.9 Å². The van der Waals surface area contributed by atoms with E-state index in [1.54, 1.807) is 0 Å². The predicted molar refractivity (Wildman–Crippen MR) is 245 cm³/mol. The highest BCUT2D eigenvalue weighted by atomic mass is 15.4. The molecule has 2 N–H and O–H groups in total. The van der Waals surface area contributed by atoms with Gasteiger partial charge < -0.3 is 14.6 Å². The minimum absolute atomic E-state index is 0.272. The molecule has 0 saturated carbocycles. The number of aromatic nitrogens is 2. The summed E-state index contributed by atoms with van der Waals surface area (Å²) in [5.74, 6) is 0. The summed E-state index contributed by atoms with van der Waals surface area (Å²) in [6, 6.07) is 57.0. The van der Waals surface area contributed by atoms with Gasteiger partial charge in [-0.2, -0.15) is 0 Å². The smallest absolute Gasteiger partial charge is 0.0562 e. The zero-order valence-electron chi connectivity index (χ0n) is 32.7. The lowest BCUT2D eigenvalue weighted by Crippen LogP contribution is -2.33. The molecule has 0 spiro atoms. The zero-order chi connectivity index (χ0) is 39.1. The molecule has 57 heavy (non-hydrogen) atoms. The Morgan fingerprint density at radius 1 is 0.596 bits per heavy atom. The highest BCUT2D eigenvalue weighted by Gasteiger charge is 2.19. The molecular weight excluding hydrogens is 693 g/mol. The molecule has 4 nitrogen and oxygen atoms in total. The number of fused-ring (bicyclic) bond motifs is 7. The van der Waals surface area contributed by atoms with Crippen molar-refractivity contribution in [3.05, 3.63) is 218 Å². The molecule has 2 aromatic heterocycles. The summed E-state index contributed by atoms with van der Waals surface area (Å²) in [5, 5.41) is 7.69. The predicted octanol–water partition coefficient (Wildman–Crippen LogP) is 13.8. The van der Waals surface area contributed by atoms with Crippen molar-refractivity contribution in [3.63, 3.8) is 0 Å². The van der Waals surface area contributed by atoms with E-state index in [0.29, 0.717) is 0 Å². The highest BCUT2D eigenvalue weighted by Crippen LogP contribution is 2.40. The molecule has 1 atom stereocenters. The van der Waals surface area contributed by atoms with Crippen molar-refractivity contribution in [3.8, 4) is 11.4 Å². The number of para-hydroxylation sites is 3. The van der Waals surface area contributed by atoms with Crippen molar-refractivity contribution >= 4 is 54.4 Å². The first-order chi connectivity index (χ1) is 28.1. The largest absolute Gasteiger partial charge is 0.322 e. The summed E-state index contributed by atoms with van der Waals surface area (Å²) in [6.07, 6.45) is 12.0. The van der Waals surface area contributed by atoms with Crippen LogP contribution in [0.15, 0.2) is 207 Å². The number of rotatable bonds is 4. The number of nitrogens with zero attached hydrogens (tertiary/aromatic N) is 2. The Hall–Kier alpha value is -6.88. The summed E-state index contributed by atoms with van der Waals surface area (Å²) >= 11 is 0. The fourth-order valence-electron chi connectivity index (χ4n) is 7.82. The summed E-state index contributed by atoms with van der Waals surface area (Å²) in [4.78, 5) is 0. The third kappa shape index (κ3) is 7.43. The van der Waals surface area contributed by atoms with E-state index in [1.807, 2.05) is 24.3 Å². The van der Waals surface area contributed by atoms with E-state index < -0.39 is 0 Å². The van der Waals surface area contributed by atoms with E-state index in [4.69, 9.17) is 0 Å². The number of hydrazine groups is 1. The lowest BCUT2D eigenvalue weighted by atomic mass is 10.0. The van der Waals surface area contributed by atoms with Crippen LogP contribution in [0, 0.1) is 6.92 Å². The second-order valence-corrected chi connectivity index (χ2v) is 14.4. The van der Waals surface area contributed by atoms with E-state index in [0.717, 1.165) is 18.5 Å². The monoisotopic (exact) mass is 740 g/mol. The van der Waals surface area contributed by atoms with Gasteiger partial charge in [-0.1, -0.05) is 153 Å². The van der Waals surface area contributed by atoms with Gasteiger partial charge in [0.1, 0.15) is 0 Å². The normalized spacial score (nSPS) is 15.1. The quantitative estimate of drug-likeness (QED) is 0.176. The fraction of sp³-hybridized carbons (Fsp3) is 0.0943. The minimum Gasteiger partial charge on any atom is -0.322 e. The molecule has 0 radical (unpaired) electrons. The first-order valence-electron chi connectivity index (χ1n) is 19.8. The van der Waals surface area contributed by atoms with Crippen LogP contribution in [-0.2, 0) is 0 Å². The molecule has 9 aromatic rings. The molecule has 0 saturated heterocycles. The van der Waals surface area contributed by atoms with Gasteiger partial charge in [0, 0.05) is 38.3 Å².